The molecule has 7 nitrogen and oxygen atoms in total. The first kappa shape index (κ1) is 55.6. The smallest absolute Gasteiger partial charge is 0.303 e. The summed E-state index contributed by atoms with van der Waals surface area (Å²) in [5.74, 6) is -0.286. The third-order valence-electron chi connectivity index (χ3n) is 9.79. The van der Waals surface area contributed by atoms with Crippen LogP contribution in [0.15, 0.2) is 48.6 Å². The van der Waals surface area contributed by atoms with Gasteiger partial charge in [-0.25, -0.2) is 0 Å². The predicted octanol–water partition coefficient (Wildman–Crippen LogP) is 13.3. The molecular formula is C49H90N2O5. The molecule has 1 aliphatic heterocycles. The van der Waals surface area contributed by atoms with E-state index in [0.717, 1.165) is 90.4 Å². The molecule has 0 amide bonds. The van der Waals surface area contributed by atoms with Gasteiger partial charge in [-0.1, -0.05) is 147 Å². The minimum atomic E-state index is -0.671. The quantitative estimate of drug-likeness (QED) is 0.0461. The van der Waals surface area contributed by atoms with Crippen LogP contribution in [-0.2, 0) is 14.4 Å². The molecule has 2 fully saturated rings. The van der Waals surface area contributed by atoms with Crippen molar-refractivity contribution in [1.82, 2.24) is 10.6 Å². The van der Waals surface area contributed by atoms with Gasteiger partial charge in [0.1, 0.15) is 5.78 Å². The van der Waals surface area contributed by atoms with Gasteiger partial charge in [0.2, 0.25) is 0 Å². The summed E-state index contributed by atoms with van der Waals surface area (Å²) < 4.78 is 0. The monoisotopic (exact) mass is 787 g/mol. The van der Waals surface area contributed by atoms with Crippen molar-refractivity contribution in [3.05, 3.63) is 48.6 Å². The first-order chi connectivity index (χ1) is 27.0. The van der Waals surface area contributed by atoms with Gasteiger partial charge in [0.05, 0.1) is 0 Å². The summed E-state index contributed by atoms with van der Waals surface area (Å²) in [5.41, 5.74) is 0.273. The highest BCUT2D eigenvalue weighted by atomic mass is 16.4. The Balaban J connectivity index is 0. The number of ketones is 1. The van der Waals surface area contributed by atoms with E-state index < -0.39 is 11.9 Å². The number of hydrogen-bond acceptors (Lipinski definition) is 5. The van der Waals surface area contributed by atoms with E-state index in [2.05, 4.69) is 93.9 Å². The number of piperazine rings is 1. The maximum Gasteiger partial charge on any atom is 0.303 e. The number of unbranched alkanes of at least 4 members (excludes halogenated alkanes) is 16. The molecule has 1 atom stereocenters. The van der Waals surface area contributed by atoms with Crippen molar-refractivity contribution in [3.8, 4) is 0 Å². The van der Waals surface area contributed by atoms with Crippen LogP contribution < -0.4 is 10.6 Å². The van der Waals surface area contributed by atoms with E-state index in [-0.39, 0.29) is 5.41 Å². The van der Waals surface area contributed by atoms with Crippen LogP contribution >= 0.6 is 0 Å². The van der Waals surface area contributed by atoms with E-state index in [0.29, 0.717) is 24.5 Å². The van der Waals surface area contributed by atoms with Crippen LogP contribution in [-0.4, -0.2) is 54.1 Å². The van der Waals surface area contributed by atoms with Gasteiger partial charge < -0.3 is 20.8 Å². The first-order valence-electron chi connectivity index (χ1n) is 23.0. The van der Waals surface area contributed by atoms with Crippen molar-refractivity contribution >= 4 is 17.7 Å². The zero-order valence-corrected chi connectivity index (χ0v) is 37.2. The Bertz CT molecular complexity index is 944. The number of aliphatic carboxylic acids is 2. The fourth-order valence-corrected chi connectivity index (χ4v) is 6.86. The lowest BCUT2D eigenvalue weighted by Gasteiger charge is -2.32. The molecule has 0 radical (unpaired) electrons. The maximum absolute atomic E-state index is 11.1. The molecule has 0 unspecified atom stereocenters. The predicted molar refractivity (Wildman–Crippen MR) is 242 cm³/mol. The van der Waals surface area contributed by atoms with E-state index in [4.69, 9.17) is 10.2 Å². The van der Waals surface area contributed by atoms with Gasteiger partial charge in [-0.05, 0) is 94.8 Å². The maximum atomic E-state index is 11.1. The molecule has 1 saturated heterocycles. The summed E-state index contributed by atoms with van der Waals surface area (Å²) in [6, 6.07) is 0. The number of carboxylic acids is 2. The lowest BCUT2D eigenvalue weighted by molar-refractivity contribution is -0.138. The summed E-state index contributed by atoms with van der Waals surface area (Å²) >= 11 is 0. The minimum Gasteiger partial charge on any atom is -0.481 e. The molecule has 7 heteroatoms. The molecule has 0 spiro atoms. The molecule has 1 aliphatic carbocycles. The average Bonchev–Trinajstić information content (AvgIpc) is 3.15. The van der Waals surface area contributed by atoms with Gasteiger partial charge in [0.15, 0.2) is 0 Å². The van der Waals surface area contributed by atoms with Gasteiger partial charge in [0.25, 0.3) is 0 Å². The molecule has 0 aromatic heterocycles. The highest BCUT2D eigenvalue weighted by Crippen LogP contribution is 2.36. The van der Waals surface area contributed by atoms with Gasteiger partial charge >= 0.3 is 11.9 Å². The topological polar surface area (TPSA) is 116 Å². The standard InChI is InChI=1S/2C18H32O2.C9H16O.C4H10N2/c2*1-2-3-4-5-6-7-8-9-10-11-12-13-14-15-16-17-18(19)20;1-7-4-8(10)6-9(2,3)5-7;1-2-6-4-3-5-1/h2*6-7,9-10H,2-5,8,11-17H2,1H3,(H,19,20);7H,4-6H2,1-3H3;5-6H,1-4H2/b2*7-6-,10-9-;;/t;;7-;/m..0./s1. The Morgan fingerprint density at radius 1 is 0.571 bits per heavy atom. The fraction of sp³-hybridized carbons (Fsp3) is 0.776. The number of hydrogen-bond donors (Lipinski definition) is 4. The highest BCUT2D eigenvalue weighted by molar-refractivity contribution is 5.80. The molecule has 1 heterocycles. The second-order valence-electron chi connectivity index (χ2n) is 16.6. The number of carbonyl (C=O) groups is 3. The molecular weight excluding hydrogens is 697 g/mol. The van der Waals surface area contributed by atoms with Crippen LogP contribution in [0.4, 0.5) is 0 Å². The normalized spacial score (nSPS) is 16.7. The van der Waals surface area contributed by atoms with Gasteiger partial charge in [-0.15, -0.1) is 0 Å². The van der Waals surface area contributed by atoms with E-state index in [1.165, 1.54) is 96.3 Å². The van der Waals surface area contributed by atoms with Gasteiger partial charge in [0, 0.05) is 51.9 Å². The first-order valence-corrected chi connectivity index (χ1v) is 23.0. The molecule has 2 rings (SSSR count). The van der Waals surface area contributed by atoms with Crippen molar-refractivity contribution in [2.24, 2.45) is 11.3 Å². The van der Waals surface area contributed by atoms with Crippen LogP contribution in [0, 0.1) is 11.3 Å². The molecule has 56 heavy (non-hydrogen) atoms. The number of Topliss-reactive ketones (excluding diaryl/α,β-unsaturated/α-hetero) is 1. The lowest BCUT2D eigenvalue weighted by atomic mass is 9.72. The zero-order valence-electron chi connectivity index (χ0n) is 37.2. The van der Waals surface area contributed by atoms with Crippen LogP contribution in [0.3, 0.4) is 0 Å². The third kappa shape index (κ3) is 49.5. The fourth-order valence-electron chi connectivity index (χ4n) is 6.86. The highest BCUT2D eigenvalue weighted by Gasteiger charge is 2.30. The largest absolute Gasteiger partial charge is 0.481 e. The van der Waals surface area contributed by atoms with Gasteiger partial charge in [-0.3, -0.25) is 14.4 Å². The molecule has 1 saturated carbocycles. The van der Waals surface area contributed by atoms with Crippen LogP contribution in [0.2, 0.25) is 0 Å². The zero-order chi connectivity index (χ0) is 41.8. The second kappa shape index (κ2) is 43.6. The summed E-state index contributed by atoms with van der Waals surface area (Å²) in [6.45, 7) is 15.6. The SMILES string of the molecule is C1CNCCN1.CCCCC/C=C\C/C=C\CCCCCCCC(=O)O.CCCCC/C=C\C/C=C\CCCCCCCC(=O)O.C[C@H]1CC(=O)CC(C)(C)C1. The van der Waals surface area contributed by atoms with Crippen molar-refractivity contribution < 1.29 is 24.6 Å². The molecule has 326 valence electrons. The van der Waals surface area contributed by atoms with Crippen LogP contribution in [0.1, 0.15) is 208 Å². The van der Waals surface area contributed by atoms with Crippen molar-refractivity contribution in [2.75, 3.05) is 26.2 Å². The van der Waals surface area contributed by atoms with E-state index in [1.807, 2.05) is 0 Å². The Morgan fingerprint density at radius 2 is 0.911 bits per heavy atom. The number of carbonyl (C=O) groups excluding carboxylic acids is 1. The van der Waals surface area contributed by atoms with Crippen molar-refractivity contribution in [2.45, 2.75) is 208 Å². The third-order valence-corrected chi connectivity index (χ3v) is 9.79. The molecule has 2 aliphatic rings. The Kier molecular flexibility index (Phi) is 43.3. The van der Waals surface area contributed by atoms with Crippen LogP contribution in [0.5, 0.6) is 0 Å². The molecule has 4 N–H and O–H groups in total. The molecule has 0 aromatic carbocycles. The Labute approximate surface area is 346 Å². The minimum absolute atomic E-state index is 0.273. The van der Waals surface area contributed by atoms with E-state index >= 15 is 0 Å². The molecule has 0 aromatic rings. The Morgan fingerprint density at radius 3 is 1.21 bits per heavy atom. The van der Waals surface area contributed by atoms with E-state index in [9.17, 15) is 14.4 Å². The number of carboxylic acid groups (broad SMARTS) is 2. The van der Waals surface area contributed by atoms with E-state index in [1.54, 1.807) is 0 Å². The number of rotatable bonds is 28. The number of allylic oxidation sites excluding steroid dienone is 8. The summed E-state index contributed by atoms with van der Waals surface area (Å²) in [6.07, 6.45) is 47.4. The number of nitrogens with one attached hydrogen (secondary N) is 2. The molecule has 0 bridgehead atoms. The second-order valence-corrected chi connectivity index (χ2v) is 16.6. The average molecular weight is 787 g/mol. The summed E-state index contributed by atoms with van der Waals surface area (Å²) in [4.78, 5) is 31.7. The van der Waals surface area contributed by atoms with Gasteiger partial charge in [-0.2, -0.15) is 0 Å². The summed E-state index contributed by atoms with van der Waals surface area (Å²) in [7, 11) is 0. The summed E-state index contributed by atoms with van der Waals surface area (Å²) in [5, 5.41) is 23.4. The lowest BCUT2D eigenvalue weighted by Crippen LogP contribution is -2.39. The van der Waals surface area contributed by atoms with Crippen molar-refractivity contribution in [1.29, 1.82) is 0 Å². The van der Waals surface area contributed by atoms with Crippen LogP contribution in [0.25, 0.3) is 0 Å². The van der Waals surface area contributed by atoms with Crippen molar-refractivity contribution in [3.63, 3.8) is 0 Å². The Hall–Kier alpha value is -2.51.